The molecular weight excluding hydrogens is 432 g/mol. The number of Topliss-reactive ketones (excluding diaryl/α,β-unsaturated/α-hetero) is 1. The molecule has 34 heavy (non-hydrogen) atoms. The summed E-state index contributed by atoms with van der Waals surface area (Å²) >= 11 is 0. The van der Waals surface area contributed by atoms with Gasteiger partial charge < -0.3 is 24.4 Å². The molecule has 182 valence electrons. The van der Waals surface area contributed by atoms with Crippen LogP contribution in [0.4, 0.5) is 0 Å². The van der Waals surface area contributed by atoms with E-state index in [9.17, 15) is 14.7 Å². The summed E-state index contributed by atoms with van der Waals surface area (Å²) in [5.41, 5.74) is 1.28. The van der Waals surface area contributed by atoms with Gasteiger partial charge in [-0.2, -0.15) is 0 Å². The first-order chi connectivity index (χ1) is 16.4. The zero-order valence-electron chi connectivity index (χ0n) is 20.4. The van der Waals surface area contributed by atoms with Crippen LogP contribution in [0.3, 0.4) is 0 Å². The number of hydrogen-bond donors (Lipinski definition) is 1. The van der Waals surface area contributed by atoms with Crippen LogP contribution in [-0.2, 0) is 9.59 Å². The Morgan fingerprint density at radius 2 is 1.65 bits per heavy atom. The summed E-state index contributed by atoms with van der Waals surface area (Å²) in [6.45, 7) is 3.72. The lowest BCUT2D eigenvalue weighted by Crippen LogP contribution is -2.35. The molecule has 1 saturated heterocycles. The Morgan fingerprint density at radius 3 is 2.24 bits per heavy atom. The summed E-state index contributed by atoms with van der Waals surface area (Å²) in [6.07, 6.45) is 3.21. The Kier molecular flexibility index (Phi) is 8.71. The highest BCUT2D eigenvalue weighted by molar-refractivity contribution is 6.46. The number of likely N-dealkylation sites (tertiary alicyclic amines) is 1. The minimum Gasteiger partial charge on any atom is -0.507 e. The number of aliphatic hydroxyl groups excluding tert-OH is 1. The molecule has 1 unspecified atom stereocenters. The van der Waals surface area contributed by atoms with Crippen molar-refractivity contribution in [3.63, 3.8) is 0 Å². The van der Waals surface area contributed by atoms with Crippen molar-refractivity contribution in [2.45, 2.75) is 32.2 Å². The van der Waals surface area contributed by atoms with E-state index in [0.717, 1.165) is 24.8 Å². The van der Waals surface area contributed by atoms with Gasteiger partial charge in [0.25, 0.3) is 11.7 Å². The molecule has 0 radical (unpaired) electrons. The SMILES string of the molecule is CCCCCOc1ccc(/C(O)=C2/C(=O)C(=O)N(CCN(C)C)C2c2ccc(OC)cc2)cc1. The third-order valence-corrected chi connectivity index (χ3v) is 5.90. The van der Waals surface area contributed by atoms with E-state index in [2.05, 4.69) is 6.92 Å². The summed E-state index contributed by atoms with van der Waals surface area (Å²) in [5.74, 6) is -0.115. The summed E-state index contributed by atoms with van der Waals surface area (Å²) in [4.78, 5) is 29.5. The molecule has 1 heterocycles. The second-order valence-electron chi connectivity index (χ2n) is 8.65. The summed E-state index contributed by atoms with van der Waals surface area (Å²) in [6, 6.07) is 13.5. The zero-order chi connectivity index (χ0) is 24.7. The van der Waals surface area contributed by atoms with E-state index in [0.29, 0.717) is 36.8 Å². The van der Waals surface area contributed by atoms with Crippen LogP contribution in [0.1, 0.15) is 43.4 Å². The van der Waals surface area contributed by atoms with Crippen LogP contribution >= 0.6 is 0 Å². The second kappa shape index (κ2) is 11.7. The van der Waals surface area contributed by atoms with Gasteiger partial charge in [0.1, 0.15) is 17.3 Å². The van der Waals surface area contributed by atoms with Crippen LogP contribution in [0.15, 0.2) is 54.1 Å². The topological polar surface area (TPSA) is 79.3 Å². The van der Waals surface area contributed by atoms with Crippen molar-refractivity contribution in [3.05, 3.63) is 65.2 Å². The number of unbranched alkanes of at least 4 members (excludes halogenated alkanes) is 2. The van der Waals surface area contributed by atoms with Crippen LogP contribution in [0.5, 0.6) is 11.5 Å². The molecule has 3 rings (SSSR count). The Hall–Kier alpha value is -3.32. The van der Waals surface area contributed by atoms with Crippen LogP contribution in [0.25, 0.3) is 5.76 Å². The van der Waals surface area contributed by atoms with Crippen molar-refractivity contribution in [3.8, 4) is 11.5 Å². The Bertz CT molecular complexity index is 1010. The number of ether oxygens (including phenoxy) is 2. The monoisotopic (exact) mass is 466 g/mol. The fraction of sp³-hybridized carbons (Fsp3) is 0.407. The minimum atomic E-state index is -0.684. The molecule has 7 heteroatoms. The number of ketones is 1. The van der Waals surface area contributed by atoms with E-state index in [1.807, 2.05) is 31.1 Å². The Morgan fingerprint density at radius 1 is 1.00 bits per heavy atom. The van der Waals surface area contributed by atoms with Crippen molar-refractivity contribution in [2.75, 3.05) is 40.9 Å². The van der Waals surface area contributed by atoms with E-state index in [4.69, 9.17) is 9.47 Å². The summed E-state index contributed by atoms with van der Waals surface area (Å²) in [5, 5.41) is 11.2. The molecule has 1 aliphatic rings. The van der Waals surface area contributed by atoms with Crippen LogP contribution in [-0.4, -0.2) is 67.5 Å². The van der Waals surface area contributed by atoms with Crippen LogP contribution < -0.4 is 9.47 Å². The number of nitrogens with zero attached hydrogens (tertiary/aromatic N) is 2. The number of carbonyl (C=O) groups excluding carboxylic acids is 2. The third-order valence-electron chi connectivity index (χ3n) is 5.90. The van der Waals surface area contributed by atoms with Gasteiger partial charge in [-0.05, 0) is 62.5 Å². The number of hydrogen-bond acceptors (Lipinski definition) is 6. The number of rotatable bonds is 11. The van der Waals surface area contributed by atoms with Crippen LogP contribution in [0.2, 0.25) is 0 Å². The lowest BCUT2D eigenvalue weighted by Gasteiger charge is -2.26. The second-order valence-corrected chi connectivity index (χ2v) is 8.65. The van der Waals surface area contributed by atoms with Gasteiger partial charge in [0.2, 0.25) is 0 Å². The fourth-order valence-corrected chi connectivity index (χ4v) is 3.96. The molecule has 1 N–H and O–H groups in total. The Labute approximate surface area is 201 Å². The maximum absolute atomic E-state index is 13.1. The van der Waals surface area contributed by atoms with Crippen molar-refractivity contribution in [2.24, 2.45) is 0 Å². The molecule has 2 aromatic rings. The minimum absolute atomic E-state index is 0.0885. The van der Waals surface area contributed by atoms with Gasteiger partial charge in [-0.3, -0.25) is 9.59 Å². The largest absolute Gasteiger partial charge is 0.507 e. The van der Waals surface area contributed by atoms with Crippen molar-refractivity contribution >= 4 is 17.4 Å². The number of benzene rings is 2. The lowest BCUT2D eigenvalue weighted by molar-refractivity contribution is -0.140. The number of carbonyl (C=O) groups is 2. The lowest BCUT2D eigenvalue weighted by atomic mass is 9.95. The maximum Gasteiger partial charge on any atom is 0.295 e. The van der Waals surface area contributed by atoms with Gasteiger partial charge in [-0.1, -0.05) is 31.9 Å². The van der Waals surface area contributed by atoms with Gasteiger partial charge >= 0.3 is 0 Å². The first-order valence-electron chi connectivity index (χ1n) is 11.7. The standard InChI is InChI=1S/C27H34N2O5/c1-5-6-7-18-34-22-14-10-20(11-15-22)25(30)23-24(19-8-12-21(33-4)13-9-19)29(17-16-28(2)3)27(32)26(23)31/h8-15,24,30H,5-7,16-18H2,1-4H3/b25-23-. The normalized spacial score (nSPS) is 17.4. The molecule has 0 bridgehead atoms. The average Bonchev–Trinajstić information content (AvgIpc) is 3.10. The molecule has 2 aromatic carbocycles. The highest BCUT2D eigenvalue weighted by atomic mass is 16.5. The van der Waals surface area contributed by atoms with E-state index in [1.165, 1.54) is 4.90 Å². The smallest absolute Gasteiger partial charge is 0.295 e. The van der Waals surface area contributed by atoms with Crippen molar-refractivity contribution in [1.29, 1.82) is 0 Å². The van der Waals surface area contributed by atoms with Gasteiger partial charge in [-0.15, -0.1) is 0 Å². The highest BCUT2D eigenvalue weighted by Gasteiger charge is 2.45. The highest BCUT2D eigenvalue weighted by Crippen LogP contribution is 2.39. The molecule has 0 aromatic heterocycles. The molecule has 1 aliphatic heterocycles. The predicted molar refractivity (Wildman–Crippen MR) is 132 cm³/mol. The number of amides is 1. The van der Waals surface area contributed by atoms with E-state index >= 15 is 0 Å². The molecular formula is C27H34N2O5. The van der Waals surface area contributed by atoms with Crippen molar-refractivity contribution in [1.82, 2.24) is 9.80 Å². The van der Waals surface area contributed by atoms with E-state index in [-0.39, 0.29) is 11.3 Å². The van der Waals surface area contributed by atoms with E-state index < -0.39 is 17.7 Å². The molecule has 0 aliphatic carbocycles. The summed E-state index contributed by atoms with van der Waals surface area (Å²) in [7, 11) is 5.39. The zero-order valence-corrected chi connectivity index (χ0v) is 20.4. The molecule has 1 fully saturated rings. The fourth-order valence-electron chi connectivity index (χ4n) is 3.96. The predicted octanol–water partition coefficient (Wildman–Crippen LogP) is 4.25. The molecule has 1 atom stereocenters. The molecule has 0 saturated carbocycles. The maximum atomic E-state index is 13.1. The van der Waals surface area contributed by atoms with Gasteiger partial charge in [0, 0.05) is 18.7 Å². The number of methoxy groups -OCH3 is 1. The quantitative estimate of drug-likeness (QED) is 0.231. The van der Waals surface area contributed by atoms with E-state index in [1.54, 1.807) is 43.5 Å². The number of aliphatic hydroxyl groups is 1. The van der Waals surface area contributed by atoms with Gasteiger partial charge in [0.05, 0.1) is 25.3 Å². The molecule has 0 spiro atoms. The average molecular weight is 467 g/mol. The van der Waals surface area contributed by atoms with Crippen LogP contribution in [0, 0.1) is 0 Å². The first-order valence-corrected chi connectivity index (χ1v) is 11.7. The Balaban J connectivity index is 1.96. The van der Waals surface area contributed by atoms with Gasteiger partial charge in [0.15, 0.2) is 0 Å². The number of likely N-dealkylation sites (N-methyl/N-ethyl adjacent to an activating group) is 1. The molecule has 7 nitrogen and oxygen atoms in total. The first kappa shape index (κ1) is 25.3. The summed E-state index contributed by atoms with van der Waals surface area (Å²) < 4.78 is 11.0. The van der Waals surface area contributed by atoms with Crippen molar-refractivity contribution < 1.29 is 24.2 Å². The molecule has 1 amide bonds. The van der Waals surface area contributed by atoms with Gasteiger partial charge in [-0.25, -0.2) is 0 Å². The third kappa shape index (κ3) is 5.78.